The molecule has 0 aliphatic rings. The number of carbonyl (C=O) groups is 2. The summed E-state index contributed by atoms with van der Waals surface area (Å²) in [4.78, 5) is 24.6. The molecule has 22 heavy (non-hydrogen) atoms. The standard InChI is InChI=1S/C14H21N3O4S/c1-11(18)13-6-5-7-14(10-13)17(12(2)19)9-8-15-22(20,21)16(3)4/h5-7,10,15H,8-9H2,1-4H3. The van der Waals surface area contributed by atoms with E-state index in [0.29, 0.717) is 11.3 Å². The molecule has 0 unspecified atom stereocenters. The van der Waals surface area contributed by atoms with Crippen LogP contribution >= 0.6 is 0 Å². The van der Waals surface area contributed by atoms with E-state index >= 15 is 0 Å². The van der Waals surface area contributed by atoms with Crippen molar-refractivity contribution in [1.29, 1.82) is 0 Å². The maximum absolute atomic E-state index is 11.8. The van der Waals surface area contributed by atoms with E-state index in [0.717, 1.165) is 4.31 Å². The Morgan fingerprint density at radius 3 is 2.32 bits per heavy atom. The Morgan fingerprint density at radius 2 is 1.82 bits per heavy atom. The van der Waals surface area contributed by atoms with Gasteiger partial charge < -0.3 is 4.90 Å². The molecular weight excluding hydrogens is 306 g/mol. The minimum atomic E-state index is -3.53. The van der Waals surface area contributed by atoms with Crippen molar-refractivity contribution >= 4 is 27.6 Å². The van der Waals surface area contributed by atoms with Crippen LogP contribution in [0.2, 0.25) is 0 Å². The lowest BCUT2D eigenvalue weighted by Gasteiger charge is -2.22. The minimum absolute atomic E-state index is 0.0738. The lowest BCUT2D eigenvalue weighted by molar-refractivity contribution is -0.116. The van der Waals surface area contributed by atoms with E-state index in [1.807, 2.05) is 0 Å². The molecule has 122 valence electrons. The fraction of sp³-hybridized carbons (Fsp3) is 0.429. The van der Waals surface area contributed by atoms with Gasteiger partial charge in [-0.1, -0.05) is 12.1 Å². The van der Waals surface area contributed by atoms with E-state index in [1.54, 1.807) is 24.3 Å². The number of rotatable bonds is 7. The number of carbonyl (C=O) groups excluding carboxylic acids is 2. The molecule has 0 heterocycles. The molecule has 7 nitrogen and oxygen atoms in total. The second kappa shape index (κ2) is 7.48. The second-order valence-electron chi connectivity index (χ2n) is 4.96. The molecule has 0 saturated heterocycles. The zero-order valence-electron chi connectivity index (χ0n) is 13.2. The zero-order valence-corrected chi connectivity index (χ0v) is 14.0. The third kappa shape index (κ3) is 4.90. The first-order chi connectivity index (χ1) is 10.1. The number of ketones is 1. The average Bonchev–Trinajstić information content (AvgIpc) is 2.43. The van der Waals surface area contributed by atoms with Crippen molar-refractivity contribution in [3.05, 3.63) is 29.8 Å². The summed E-state index contributed by atoms with van der Waals surface area (Å²) < 4.78 is 26.7. The lowest BCUT2D eigenvalue weighted by atomic mass is 10.1. The first-order valence-corrected chi connectivity index (χ1v) is 8.15. The lowest BCUT2D eigenvalue weighted by Crippen LogP contribution is -2.41. The molecule has 1 aromatic carbocycles. The number of amides is 1. The topological polar surface area (TPSA) is 86.8 Å². The van der Waals surface area contributed by atoms with Crippen molar-refractivity contribution in [2.45, 2.75) is 13.8 Å². The van der Waals surface area contributed by atoms with Gasteiger partial charge in [-0.15, -0.1) is 0 Å². The number of benzene rings is 1. The molecule has 8 heteroatoms. The van der Waals surface area contributed by atoms with Crippen molar-refractivity contribution in [2.75, 3.05) is 32.1 Å². The molecule has 1 N–H and O–H groups in total. The second-order valence-corrected chi connectivity index (χ2v) is 6.93. The predicted octanol–water partition coefficient (Wildman–Crippen LogP) is 0.638. The summed E-state index contributed by atoms with van der Waals surface area (Å²) >= 11 is 0. The number of Topliss-reactive ketones (excluding diaryl/α,β-unsaturated/α-hetero) is 1. The number of nitrogens with zero attached hydrogens (tertiary/aromatic N) is 2. The summed E-state index contributed by atoms with van der Waals surface area (Å²) in [6, 6.07) is 6.67. The van der Waals surface area contributed by atoms with Gasteiger partial charge in [-0.05, 0) is 19.1 Å². The van der Waals surface area contributed by atoms with Crippen LogP contribution in [0.1, 0.15) is 24.2 Å². The van der Waals surface area contributed by atoms with Gasteiger partial charge in [0.05, 0.1) is 0 Å². The highest BCUT2D eigenvalue weighted by atomic mass is 32.2. The maximum Gasteiger partial charge on any atom is 0.278 e. The summed E-state index contributed by atoms with van der Waals surface area (Å²) in [7, 11) is -0.696. The molecule has 0 bridgehead atoms. The van der Waals surface area contributed by atoms with Crippen molar-refractivity contribution in [3.63, 3.8) is 0 Å². The Bertz CT molecular complexity index is 656. The van der Waals surface area contributed by atoms with E-state index in [-0.39, 0.29) is 24.8 Å². The predicted molar refractivity (Wildman–Crippen MR) is 85.1 cm³/mol. The van der Waals surface area contributed by atoms with Gasteiger partial charge in [0.1, 0.15) is 0 Å². The number of hydrogen-bond acceptors (Lipinski definition) is 4. The first kappa shape index (κ1) is 18.3. The van der Waals surface area contributed by atoms with Gasteiger partial charge in [0.2, 0.25) is 5.91 Å². The largest absolute Gasteiger partial charge is 0.311 e. The number of nitrogens with one attached hydrogen (secondary N) is 1. The molecule has 0 aliphatic carbocycles. The smallest absolute Gasteiger partial charge is 0.278 e. The Kier molecular flexibility index (Phi) is 6.21. The van der Waals surface area contributed by atoms with Crippen molar-refractivity contribution in [3.8, 4) is 0 Å². The molecule has 0 radical (unpaired) electrons. The Morgan fingerprint density at radius 1 is 1.18 bits per heavy atom. The minimum Gasteiger partial charge on any atom is -0.311 e. The molecule has 0 spiro atoms. The molecule has 0 aliphatic heterocycles. The maximum atomic E-state index is 11.8. The zero-order chi connectivity index (χ0) is 16.9. The fourth-order valence-electron chi connectivity index (χ4n) is 1.78. The third-order valence-electron chi connectivity index (χ3n) is 3.05. The van der Waals surface area contributed by atoms with Crippen LogP contribution in [0.4, 0.5) is 5.69 Å². The van der Waals surface area contributed by atoms with E-state index in [1.165, 1.54) is 32.8 Å². The summed E-state index contributed by atoms with van der Waals surface area (Å²) in [6.45, 7) is 3.08. The van der Waals surface area contributed by atoms with Crippen molar-refractivity contribution in [1.82, 2.24) is 9.03 Å². The fourth-order valence-corrected chi connectivity index (χ4v) is 2.38. The van der Waals surface area contributed by atoms with Crippen LogP contribution < -0.4 is 9.62 Å². The van der Waals surface area contributed by atoms with Crippen LogP contribution in [0.3, 0.4) is 0 Å². The van der Waals surface area contributed by atoms with Gasteiger partial charge in [0, 0.05) is 45.4 Å². The van der Waals surface area contributed by atoms with Gasteiger partial charge in [0.15, 0.2) is 5.78 Å². The van der Waals surface area contributed by atoms with Gasteiger partial charge in [-0.2, -0.15) is 12.7 Å². The van der Waals surface area contributed by atoms with Crippen LogP contribution in [0, 0.1) is 0 Å². The summed E-state index contributed by atoms with van der Waals surface area (Å²) in [5, 5.41) is 0. The van der Waals surface area contributed by atoms with Gasteiger partial charge in [-0.25, -0.2) is 4.72 Å². The molecule has 1 aromatic rings. The van der Waals surface area contributed by atoms with E-state index in [4.69, 9.17) is 0 Å². The molecule has 0 fully saturated rings. The van der Waals surface area contributed by atoms with E-state index < -0.39 is 10.2 Å². The quantitative estimate of drug-likeness (QED) is 0.745. The van der Waals surface area contributed by atoms with Crippen LogP contribution in [-0.2, 0) is 15.0 Å². The number of anilines is 1. The summed E-state index contributed by atoms with van der Waals surface area (Å²) in [5.41, 5.74) is 1.06. The first-order valence-electron chi connectivity index (χ1n) is 6.71. The Balaban J connectivity index is 2.85. The molecule has 1 rings (SSSR count). The SMILES string of the molecule is CC(=O)c1cccc(N(CCNS(=O)(=O)N(C)C)C(C)=O)c1. The van der Waals surface area contributed by atoms with Gasteiger partial charge in [-0.3, -0.25) is 9.59 Å². The molecule has 1 amide bonds. The number of hydrogen-bond donors (Lipinski definition) is 1. The Labute approximate surface area is 131 Å². The normalized spacial score (nSPS) is 11.5. The van der Waals surface area contributed by atoms with E-state index in [2.05, 4.69) is 4.72 Å². The highest BCUT2D eigenvalue weighted by Crippen LogP contribution is 2.16. The summed E-state index contributed by atoms with van der Waals surface area (Å²) in [5.74, 6) is -0.330. The molecule has 0 aromatic heterocycles. The van der Waals surface area contributed by atoms with E-state index in [9.17, 15) is 18.0 Å². The van der Waals surface area contributed by atoms with Gasteiger partial charge >= 0.3 is 0 Å². The average molecular weight is 327 g/mol. The molecule has 0 atom stereocenters. The third-order valence-corrected chi connectivity index (χ3v) is 4.58. The molecule has 0 saturated carbocycles. The van der Waals surface area contributed by atoms with Crippen LogP contribution in [-0.4, -0.2) is 51.6 Å². The highest BCUT2D eigenvalue weighted by molar-refractivity contribution is 7.87. The monoisotopic (exact) mass is 327 g/mol. The van der Waals surface area contributed by atoms with Crippen molar-refractivity contribution in [2.24, 2.45) is 0 Å². The highest BCUT2D eigenvalue weighted by Gasteiger charge is 2.16. The van der Waals surface area contributed by atoms with Crippen LogP contribution in [0.5, 0.6) is 0 Å². The van der Waals surface area contributed by atoms with Crippen LogP contribution in [0.15, 0.2) is 24.3 Å². The summed E-state index contributed by atoms with van der Waals surface area (Å²) in [6.07, 6.45) is 0. The Hall–Kier alpha value is -1.77. The van der Waals surface area contributed by atoms with Crippen LogP contribution in [0.25, 0.3) is 0 Å². The van der Waals surface area contributed by atoms with Crippen molar-refractivity contribution < 1.29 is 18.0 Å². The van der Waals surface area contributed by atoms with Gasteiger partial charge in [0.25, 0.3) is 10.2 Å². The molecular formula is C14H21N3O4S.